The summed E-state index contributed by atoms with van der Waals surface area (Å²) >= 11 is 3.43. The molecule has 2 heterocycles. The Labute approximate surface area is 134 Å². The lowest BCUT2D eigenvalue weighted by molar-refractivity contribution is 0.563. The third-order valence-corrected chi connectivity index (χ3v) is 4.06. The molecule has 0 bridgehead atoms. The van der Waals surface area contributed by atoms with Gasteiger partial charge in [0.25, 0.3) is 0 Å². The van der Waals surface area contributed by atoms with Gasteiger partial charge in [-0.1, -0.05) is 40.2 Å². The van der Waals surface area contributed by atoms with Crippen molar-refractivity contribution in [1.82, 2.24) is 4.98 Å². The topological polar surface area (TPSA) is 43.1 Å². The monoisotopic (exact) mass is 351 g/mol. The molecule has 0 unspecified atom stereocenters. The summed E-state index contributed by atoms with van der Waals surface area (Å²) < 4.78 is 6.33. The summed E-state index contributed by atoms with van der Waals surface area (Å²) in [5.41, 5.74) is 2.13. The molecule has 0 fully saturated rings. The first-order chi connectivity index (χ1) is 10.7. The van der Waals surface area contributed by atoms with E-state index in [2.05, 4.69) is 20.9 Å². The maximum absolute atomic E-state index is 12.2. The first-order valence-electron chi connectivity index (χ1n) is 6.80. The Morgan fingerprint density at radius 3 is 2.68 bits per heavy atom. The highest BCUT2D eigenvalue weighted by atomic mass is 79.9. The normalized spacial score (nSPS) is 11.1. The first-order valence-corrected chi connectivity index (χ1v) is 7.59. The van der Waals surface area contributed by atoms with Crippen molar-refractivity contribution in [3.05, 3.63) is 75.6 Å². The van der Waals surface area contributed by atoms with Crippen molar-refractivity contribution in [3.63, 3.8) is 0 Å². The Bertz CT molecular complexity index is 1070. The van der Waals surface area contributed by atoms with Crippen molar-refractivity contribution in [1.29, 1.82) is 0 Å². The van der Waals surface area contributed by atoms with Gasteiger partial charge >= 0.3 is 5.63 Å². The number of nitrogens with zero attached hydrogens (tertiary/aromatic N) is 1. The highest BCUT2D eigenvalue weighted by Crippen LogP contribution is 2.24. The Balaban J connectivity index is 1.98. The molecule has 0 aliphatic rings. The molecule has 0 aliphatic heterocycles. The summed E-state index contributed by atoms with van der Waals surface area (Å²) in [5, 5.41) is 1.90. The van der Waals surface area contributed by atoms with Crippen LogP contribution in [-0.4, -0.2) is 4.98 Å². The van der Waals surface area contributed by atoms with Crippen molar-refractivity contribution in [2.24, 2.45) is 0 Å². The molecule has 0 saturated carbocycles. The van der Waals surface area contributed by atoms with Crippen LogP contribution in [0.15, 0.2) is 74.3 Å². The third-order valence-electron chi connectivity index (χ3n) is 3.57. The molecular formula is C18H10BrNO2. The van der Waals surface area contributed by atoms with Gasteiger partial charge in [0.15, 0.2) is 0 Å². The predicted octanol–water partition coefficient (Wildman–Crippen LogP) is 4.77. The van der Waals surface area contributed by atoms with Crippen LogP contribution in [0.1, 0.15) is 0 Å². The Morgan fingerprint density at radius 1 is 0.909 bits per heavy atom. The Kier molecular flexibility index (Phi) is 3.05. The number of fused-ring (bicyclic) bond motifs is 2. The van der Waals surface area contributed by atoms with Gasteiger partial charge in [-0.15, -0.1) is 0 Å². The summed E-state index contributed by atoms with van der Waals surface area (Å²) in [6.45, 7) is 0. The second kappa shape index (κ2) is 5.07. The minimum Gasteiger partial charge on any atom is -0.422 e. The van der Waals surface area contributed by atoms with E-state index in [1.807, 2.05) is 54.6 Å². The van der Waals surface area contributed by atoms with Gasteiger partial charge in [0.2, 0.25) is 0 Å². The van der Waals surface area contributed by atoms with Crippen molar-refractivity contribution in [2.75, 3.05) is 0 Å². The lowest BCUT2D eigenvalue weighted by atomic mass is 10.1. The fourth-order valence-corrected chi connectivity index (χ4v) is 2.87. The summed E-state index contributed by atoms with van der Waals surface area (Å²) in [4.78, 5) is 16.8. The molecule has 4 heteroatoms. The molecule has 2 aromatic heterocycles. The van der Waals surface area contributed by atoms with Crippen LogP contribution in [0, 0.1) is 0 Å². The Hall–Kier alpha value is -2.46. The minimum absolute atomic E-state index is 0.377. The molecule has 106 valence electrons. The van der Waals surface area contributed by atoms with Crippen LogP contribution in [0.4, 0.5) is 0 Å². The van der Waals surface area contributed by atoms with Crippen LogP contribution >= 0.6 is 15.9 Å². The Morgan fingerprint density at radius 2 is 1.77 bits per heavy atom. The lowest BCUT2D eigenvalue weighted by Gasteiger charge is -2.04. The fraction of sp³-hybridized carbons (Fsp3) is 0. The summed E-state index contributed by atoms with van der Waals surface area (Å²) in [6, 6.07) is 19.0. The van der Waals surface area contributed by atoms with Gasteiger partial charge in [-0.05, 0) is 36.4 Å². The molecule has 4 rings (SSSR count). The second-order valence-corrected chi connectivity index (χ2v) is 5.93. The zero-order valence-corrected chi connectivity index (χ0v) is 13.0. The van der Waals surface area contributed by atoms with Gasteiger partial charge in [0, 0.05) is 15.2 Å². The molecule has 0 N–H and O–H groups in total. The maximum Gasteiger partial charge on any atom is 0.345 e. The molecule has 0 saturated heterocycles. The molecule has 0 aliphatic carbocycles. The van der Waals surface area contributed by atoms with Gasteiger partial charge in [-0.3, -0.25) is 0 Å². The molecule has 22 heavy (non-hydrogen) atoms. The zero-order chi connectivity index (χ0) is 15.1. The van der Waals surface area contributed by atoms with E-state index in [9.17, 15) is 4.79 Å². The van der Waals surface area contributed by atoms with Crippen LogP contribution < -0.4 is 5.63 Å². The van der Waals surface area contributed by atoms with E-state index in [-0.39, 0.29) is 5.63 Å². The van der Waals surface area contributed by atoms with Crippen molar-refractivity contribution in [2.45, 2.75) is 0 Å². The molecule has 3 nitrogen and oxygen atoms in total. The summed E-state index contributed by atoms with van der Waals surface area (Å²) in [6.07, 6.45) is 0. The van der Waals surface area contributed by atoms with E-state index in [0.29, 0.717) is 16.8 Å². The molecule has 0 amide bonds. The summed E-state index contributed by atoms with van der Waals surface area (Å²) in [5.74, 6) is 0. The predicted molar refractivity (Wildman–Crippen MR) is 90.9 cm³/mol. The smallest absolute Gasteiger partial charge is 0.345 e. The average molecular weight is 352 g/mol. The van der Waals surface area contributed by atoms with Crippen LogP contribution in [0.5, 0.6) is 0 Å². The van der Waals surface area contributed by atoms with E-state index < -0.39 is 0 Å². The highest BCUT2D eigenvalue weighted by Gasteiger charge is 2.10. The number of aromatic nitrogens is 1. The molecular weight excluding hydrogens is 342 g/mol. The van der Waals surface area contributed by atoms with E-state index in [1.165, 1.54) is 0 Å². The quantitative estimate of drug-likeness (QED) is 0.464. The number of para-hydroxylation sites is 1. The minimum atomic E-state index is -0.377. The van der Waals surface area contributed by atoms with Crippen LogP contribution in [0.25, 0.3) is 33.1 Å². The van der Waals surface area contributed by atoms with Crippen LogP contribution in [0.2, 0.25) is 0 Å². The number of halogens is 1. The third kappa shape index (κ3) is 2.22. The van der Waals surface area contributed by atoms with E-state index in [1.54, 1.807) is 6.07 Å². The van der Waals surface area contributed by atoms with Crippen LogP contribution in [0.3, 0.4) is 0 Å². The lowest BCUT2D eigenvalue weighted by Crippen LogP contribution is -2.03. The van der Waals surface area contributed by atoms with Crippen molar-refractivity contribution < 1.29 is 4.42 Å². The second-order valence-electron chi connectivity index (χ2n) is 5.02. The first kappa shape index (κ1) is 13.2. The number of pyridine rings is 1. The van der Waals surface area contributed by atoms with Crippen molar-refractivity contribution >= 4 is 37.8 Å². The standard InChI is InChI=1S/C18H10BrNO2/c19-13-6-8-17-12(9-13)10-14(18(21)22-17)16-7-5-11-3-1-2-4-15(11)20-16/h1-10H. The summed E-state index contributed by atoms with van der Waals surface area (Å²) in [7, 11) is 0. The van der Waals surface area contributed by atoms with Crippen molar-refractivity contribution in [3.8, 4) is 11.3 Å². The number of rotatable bonds is 1. The average Bonchev–Trinajstić information content (AvgIpc) is 2.54. The van der Waals surface area contributed by atoms with Gasteiger partial charge in [-0.25, -0.2) is 9.78 Å². The van der Waals surface area contributed by atoms with Gasteiger partial charge in [-0.2, -0.15) is 0 Å². The number of hydrogen-bond donors (Lipinski definition) is 0. The molecule has 0 spiro atoms. The largest absolute Gasteiger partial charge is 0.422 e. The zero-order valence-electron chi connectivity index (χ0n) is 11.4. The fourth-order valence-electron chi connectivity index (χ4n) is 2.49. The SMILES string of the molecule is O=c1oc2ccc(Br)cc2cc1-c1ccc2ccccc2n1. The van der Waals surface area contributed by atoms with Crippen LogP contribution in [-0.2, 0) is 0 Å². The van der Waals surface area contributed by atoms with E-state index in [4.69, 9.17) is 4.42 Å². The van der Waals surface area contributed by atoms with Gasteiger partial charge in [0.1, 0.15) is 5.58 Å². The number of benzene rings is 2. The van der Waals surface area contributed by atoms with E-state index in [0.717, 1.165) is 20.8 Å². The highest BCUT2D eigenvalue weighted by molar-refractivity contribution is 9.10. The number of hydrogen-bond acceptors (Lipinski definition) is 3. The van der Waals surface area contributed by atoms with Gasteiger partial charge < -0.3 is 4.42 Å². The molecule has 0 radical (unpaired) electrons. The molecule has 0 atom stereocenters. The molecule has 4 aromatic rings. The molecule has 2 aromatic carbocycles. The van der Waals surface area contributed by atoms with Gasteiger partial charge in [0.05, 0.1) is 16.8 Å². The maximum atomic E-state index is 12.2. The van der Waals surface area contributed by atoms with E-state index >= 15 is 0 Å².